The fourth-order valence-electron chi connectivity index (χ4n) is 2.15. The second kappa shape index (κ2) is 7.61. The van der Waals surface area contributed by atoms with Gasteiger partial charge in [-0.2, -0.15) is 13.2 Å². The minimum absolute atomic E-state index is 0.138. The van der Waals surface area contributed by atoms with E-state index in [1.807, 2.05) is 0 Å². The topological polar surface area (TPSA) is 69.6 Å². The maximum Gasteiger partial charge on any atom is 0.441 e. The van der Waals surface area contributed by atoms with Crippen molar-refractivity contribution >= 4 is 23.8 Å². The zero-order chi connectivity index (χ0) is 15.2. The average molecular weight is 314 g/mol. The Morgan fingerprint density at radius 1 is 1.30 bits per heavy atom. The number of urea groups is 1. The summed E-state index contributed by atoms with van der Waals surface area (Å²) in [6.45, 7) is -0.575. The Bertz CT molecular complexity index is 346. The number of hydrogen-bond donors (Lipinski definition) is 2. The normalized spacial score (nSPS) is 16.1. The van der Waals surface area contributed by atoms with Crippen LogP contribution in [-0.2, 0) is 4.79 Å². The molecule has 1 saturated carbocycles. The molecule has 1 aliphatic rings. The van der Waals surface area contributed by atoms with Crippen molar-refractivity contribution in [1.82, 2.24) is 10.2 Å². The number of amides is 2. The molecule has 9 heteroatoms. The van der Waals surface area contributed by atoms with Gasteiger partial charge in [0, 0.05) is 18.3 Å². The molecule has 2 N–H and O–H groups in total. The van der Waals surface area contributed by atoms with Crippen molar-refractivity contribution in [3.63, 3.8) is 0 Å². The molecule has 0 spiro atoms. The number of rotatable bonds is 6. The highest BCUT2D eigenvalue weighted by atomic mass is 32.2. The highest BCUT2D eigenvalue weighted by molar-refractivity contribution is 8.00. The molecule has 0 aromatic carbocycles. The molecule has 116 valence electrons. The van der Waals surface area contributed by atoms with Crippen LogP contribution < -0.4 is 5.32 Å². The molecule has 0 aromatic rings. The van der Waals surface area contributed by atoms with E-state index in [1.54, 1.807) is 0 Å². The van der Waals surface area contributed by atoms with E-state index in [0.29, 0.717) is 0 Å². The van der Waals surface area contributed by atoms with Crippen LogP contribution in [0.25, 0.3) is 0 Å². The summed E-state index contributed by atoms with van der Waals surface area (Å²) >= 11 is -0.216. The lowest BCUT2D eigenvalue weighted by Gasteiger charge is -2.27. The molecule has 1 fully saturated rings. The van der Waals surface area contributed by atoms with Crippen LogP contribution in [0.1, 0.15) is 25.7 Å². The maximum absolute atomic E-state index is 11.9. The number of thioether (sulfide) groups is 1. The highest BCUT2D eigenvalue weighted by Crippen LogP contribution is 2.29. The number of hydrogen-bond acceptors (Lipinski definition) is 3. The average Bonchev–Trinajstić information content (AvgIpc) is 2.83. The number of carbonyl (C=O) groups excluding carboxylic acids is 1. The van der Waals surface area contributed by atoms with Crippen molar-refractivity contribution in [1.29, 1.82) is 0 Å². The first-order valence-corrected chi connectivity index (χ1v) is 7.25. The Morgan fingerprint density at radius 3 is 2.40 bits per heavy atom. The minimum atomic E-state index is -4.32. The van der Waals surface area contributed by atoms with Crippen LogP contribution in [0.2, 0.25) is 0 Å². The fraction of sp³-hybridized carbons (Fsp3) is 0.818. The summed E-state index contributed by atoms with van der Waals surface area (Å²) in [5.74, 6) is -1.42. The molecule has 0 aliphatic heterocycles. The monoisotopic (exact) mass is 314 g/mol. The number of carboxylic acids is 1. The van der Waals surface area contributed by atoms with Gasteiger partial charge in [0.2, 0.25) is 0 Å². The predicted molar refractivity (Wildman–Crippen MR) is 68.5 cm³/mol. The summed E-state index contributed by atoms with van der Waals surface area (Å²) in [5.41, 5.74) is -4.32. The molecule has 1 rings (SSSR count). The molecule has 0 saturated heterocycles. The van der Waals surface area contributed by atoms with Crippen molar-refractivity contribution in [3.05, 3.63) is 0 Å². The van der Waals surface area contributed by atoms with E-state index in [9.17, 15) is 22.8 Å². The molecule has 0 heterocycles. The van der Waals surface area contributed by atoms with Crippen LogP contribution in [0.4, 0.5) is 18.0 Å². The van der Waals surface area contributed by atoms with Crippen LogP contribution in [0, 0.1) is 0 Å². The van der Waals surface area contributed by atoms with Gasteiger partial charge in [0.15, 0.2) is 0 Å². The molecule has 0 aromatic heterocycles. The summed E-state index contributed by atoms with van der Waals surface area (Å²) in [6.07, 6.45) is 3.33. The summed E-state index contributed by atoms with van der Waals surface area (Å²) < 4.78 is 35.8. The van der Waals surface area contributed by atoms with Crippen molar-refractivity contribution in [2.24, 2.45) is 0 Å². The lowest BCUT2D eigenvalue weighted by atomic mass is 10.2. The van der Waals surface area contributed by atoms with Crippen molar-refractivity contribution in [2.45, 2.75) is 37.2 Å². The van der Waals surface area contributed by atoms with Gasteiger partial charge in [0.1, 0.15) is 6.54 Å². The Morgan fingerprint density at radius 2 is 1.90 bits per heavy atom. The first kappa shape index (κ1) is 16.9. The van der Waals surface area contributed by atoms with E-state index in [0.717, 1.165) is 25.7 Å². The Balaban J connectivity index is 2.40. The second-order valence-corrected chi connectivity index (χ2v) is 5.65. The first-order valence-electron chi connectivity index (χ1n) is 6.26. The molecule has 0 radical (unpaired) electrons. The van der Waals surface area contributed by atoms with Crippen LogP contribution in [-0.4, -0.2) is 52.4 Å². The summed E-state index contributed by atoms with van der Waals surface area (Å²) in [5, 5.41) is 11.1. The third-order valence-electron chi connectivity index (χ3n) is 2.98. The summed E-state index contributed by atoms with van der Waals surface area (Å²) in [6, 6.07) is -0.747. The van der Waals surface area contributed by atoms with Gasteiger partial charge in [-0.3, -0.25) is 4.79 Å². The molecule has 20 heavy (non-hydrogen) atoms. The number of carbonyl (C=O) groups is 2. The van der Waals surface area contributed by atoms with Crippen LogP contribution in [0.15, 0.2) is 0 Å². The zero-order valence-corrected chi connectivity index (χ0v) is 11.6. The van der Waals surface area contributed by atoms with Gasteiger partial charge in [-0.25, -0.2) is 4.79 Å². The predicted octanol–water partition coefficient (Wildman–Crippen LogP) is 2.28. The van der Waals surface area contributed by atoms with E-state index >= 15 is 0 Å². The van der Waals surface area contributed by atoms with Gasteiger partial charge in [-0.1, -0.05) is 12.8 Å². The molecule has 2 amide bonds. The quantitative estimate of drug-likeness (QED) is 0.738. The number of alkyl halides is 3. The third-order valence-corrected chi connectivity index (χ3v) is 3.71. The van der Waals surface area contributed by atoms with Gasteiger partial charge in [0.05, 0.1) is 0 Å². The lowest BCUT2D eigenvalue weighted by molar-refractivity contribution is -0.138. The van der Waals surface area contributed by atoms with Gasteiger partial charge in [0.25, 0.3) is 0 Å². The van der Waals surface area contributed by atoms with E-state index in [-0.39, 0.29) is 30.1 Å². The molecule has 0 bridgehead atoms. The van der Waals surface area contributed by atoms with E-state index in [1.165, 1.54) is 4.90 Å². The molecule has 1 aliphatic carbocycles. The fourth-order valence-corrected chi connectivity index (χ4v) is 2.59. The van der Waals surface area contributed by atoms with Crippen molar-refractivity contribution in [3.8, 4) is 0 Å². The van der Waals surface area contributed by atoms with E-state index in [4.69, 9.17) is 5.11 Å². The van der Waals surface area contributed by atoms with E-state index in [2.05, 4.69) is 5.32 Å². The van der Waals surface area contributed by atoms with Crippen molar-refractivity contribution in [2.75, 3.05) is 18.8 Å². The largest absolute Gasteiger partial charge is 0.480 e. The number of nitrogens with zero attached hydrogens (tertiary/aromatic N) is 1. The second-order valence-electron chi connectivity index (χ2n) is 4.49. The summed E-state index contributed by atoms with van der Waals surface area (Å²) in [7, 11) is 0. The van der Waals surface area contributed by atoms with Crippen molar-refractivity contribution < 1.29 is 27.9 Å². The molecular weight excluding hydrogens is 297 g/mol. The maximum atomic E-state index is 11.9. The summed E-state index contributed by atoms with van der Waals surface area (Å²) in [4.78, 5) is 23.8. The van der Waals surface area contributed by atoms with Gasteiger partial charge >= 0.3 is 17.5 Å². The number of nitrogens with one attached hydrogen (secondary N) is 1. The van der Waals surface area contributed by atoms with E-state index < -0.39 is 24.1 Å². The molecule has 0 unspecified atom stereocenters. The Labute approximate surface area is 118 Å². The highest BCUT2D eigenvalue weighted by Gasteiger charge is 2.29. The van der Waals surface area contributed by atoms with Gasteiger partial charge in [-0.15, -0.1) is 0 Å². The van der Waals surface area contributed by atoms with Crippen LogP contribution in [0.3, 0.4) is 0 Å². The minimum Gasteiger partial charge on any atom is -0.480 e. The van der Waals surface area contributed by atoms with Crippen LogP contribution in [0.5, 0.6) is 0 Å². The number of aliphatic carboxylic acids is 1. The van der Waals surface area contributed by atoms with Gasteiger partial charge < -0.3 is 15.3 Å². The Hall–Kier alpha value is -1.12. The standard InChI is InChI=1S/C11H17F3N2O3S/c12-11(13,14)20-6-5-15-10(19)16(7-9(17)18)8-3-1-2-4-8/h8H,1-7H2,(H,15,19)(H,17,18). The molecule has 5 nitrogen and oxygen atoms in total. The number of carboxylic acid groups (broad SMARTS) is 1. The third kappa shape index (κ3) is 6.36. The molecular formula is C11H17F3N2O3S. The zero-order valence-electron chi connectivity index (χ0n) is 10.8. The smallest absolute Gasteiger partial charge is 0.441 e. The Kier molecular flexibility index (Phi) is 6.44. The lowest BCUT2D eigenvalue weighted by Crippen LogP contribution is -2.48. The van der Waals surface area contributed by atoms with Gasteiger partial charge in [-0.05, 0) is 24.6 Å². The SMILES string of the molecule is O=C(O)CN(C(=O)NCCSC(F)(F)F)C1CCCC1. The van der Waals surface area contributed by atoms with Crippen LogP contribution >= 0.6 is 11.8 Å². The molecule has 0 atom stereocenters. The first-order chi connectivity index (χ1) is 9.29. The number of halogens is 3.